The molecule has 0 aliphatic heterocycles. The van der Waals surface area contributed by atoms with E-state index < -0.39 is 0 Å². The first-order valence-electron chi connectivity index (χ1n) is 8.01. The number of hydrogen-bond acceptors (Lipinski definition) is 6. The van der Waals surface area contributed by atoms with E-state index in [9.17, 15) is 4.79 Å². The molecule has 1 aromatic heterocycles. The Hall–Kier alpha value is -3.28. The lowest BCUT2D eigenvalue weighted by atomic mass is 10.1. The highest BCUT2D eigenvalue weighted by atomic mass is 16.1. The van der Waals surface area contributed by atoms with Crippen LogP contribution < -0.4 is 10.6 Å². The zero-order valence-corrected chi connectivity index (χ0v) is 14.1. The zero-order chi connectivity index (χ0) is 17.6. The van der Waals surface area contributed by atoms with Crippen molar-refractivity contribution in [2.24, 2.45) is 0 Å². The Balaban J connectivity index is 1.73. The average Bonchev–Trinajstić information content (AvgIpc) is 2.63. The summed E-state index contributed by atoms with van der Waals surface area (Å²) in [6.45, 7) is 3.58. The monoisotopic (exact) mass is 333 g/mol. The summed E-state index contributed by atoms with van der Waals surface area (Å²) in [4.78, 5) is 15.9. The molecule has 1 unspecified atom stereocenters. The van der Waals surface area contributed by atoms with Gasteiger partial charge in [-0.15, -0.1) is 5.10 Å². The van der Waals surface area contributed by atoms with Crippen molar-refractivity contribution in [2.45, 2.75) is 19.9 Å². The van der Waals surface area contributed by atoms with Gasteiger partial charge in [-0.25, -0.2) is 0 Å². The summed E-state index contributed by atoms with van der Waals surface area (Å²) in [5.74, 6) is 1.01. The van der Waals surface area contributed by atoms with Crippen LogP contribution in [0.15, 0.2) is 60.8 Å². The van der Waals surface area contributed by atoms with Crippen LogP contribution in [0.4, 0.5) is 17.5 Å². The van der Waals surface area contributed by atoms with Gasteiger partial charge in [0.1, 0.15) is 0 Å². The third kappa shape index (κ3) is 4.38. The summed E-state index contributed by atoms with van der Waals surface area (Å²) in [7, 11) is 0. The SMILES string of the molecule is CC(=O)c1cccc(Nc2cnnc(NC(C)c3ccccc3)n2)c1. The maximum atomic E-state index is 11.5. The lowest BCUT2D eigenvalue weighted by molar-refractivity contribution is 0.101. The fraction of sp³-hybridized carbons (Fsp3) is 0.158. The molecule has 0 amide bonds. The maximum Gasteiger partial charge on any atom is 0.245 e. The molecule has 25 heavy (non-hydrogen) atoms. The molecule has 0 bridgehead atoms. The van der Waals surface area contributed by atoms with Crippen molar-refractivity contribution in [2.75, 3.05) is 10.6 Å². The molecule has 1 heterocycles. The molecular formula is C19H19N5O. The van der Waals surface area contributed by atoms with Gasteiger partial charge in [-0.3, -0.25) is 4.79 Å². The molecule has 6 heteroatoms. The minimum absolute atomic E-state index is 0.0171. The number of nitrogens with zero attached hydrogens (tertiary/aromatic N) is 3. The van der Waals surface area contributed by atoms with Crippen LogP contribution in [0, 0.1) is 0 Å². The minimum Gasteiger partial charge on any atom is -0.346 e. The predicted octanol–water partition coefficient (Wildman–Crippen LogP) is 3.99. The van der Waals surface area contributed by atoms with Crippen LogP contribution in [-0.4, -0.2) is 21.0 Å². The van der Waals surface area contributed by atoms with Crippen LogP contribution in [0.25, 0.3) is 0 Å². The molecule has 0 spiro atoms. The number of ketones is 1. The number of benzene rings is 2. The van der Waals surface area contributed by atoms with Gasteiger partial charge in [0, 0.05) is 11.3 Å². The summed E-state index contributed by atoms with van der Waals surface area (Å²) in [6.07, 6.45) is 1.54. The molecular weight excluding hydrogens is 314 g/mol. The van der Waals surface area contributed by atoms with Crippen molar-refractivity contribution < 1.29 is 4.79 Å². The first kappa shape index (κ1) is 16.6. The number of nitrogens with one attached hydrogen (secondary N) is 2. The van der Waals surface area contributed by atoms with Crippen molar-refractivity contribution in [3.8, 4) is 0 Å². The predicted molar refractivity (Wildman–Crippen MR) is 98.0 cm³/mol. The van der Waals surface area contributed by atoms with Crippen LogP contribution in [-0.2, 0) is 0 Å². The normalized spacial score (nSPS) is 11.6. The van der Waals surface area contributed by atoms with E-state index in [-0.39, 0.29) is 11.8 Å². The van der Waals surface area contributed by atoms with Gasteiger partial charge in [0.15, 0.2) is 11.6 Å². The summed E-state index contributed by atoms with van der Waals surface area (Å²) in [5, 5.41) is 14.4. The molecule has 2 aromatic carbocycles. The number of carbonyl (C=O) groups excluding carboxylic acids is 1. The highest BCUT2D eigenvalue weighted by molar-refractivity contribution is 5.95. The topological polar surface area (TPSA) is 79.8 Å². The molecule has 3 rings (SSSR count). The molecule has 6 nitrogen and oxygen atoms in total. The quantitative estimate of drug-likeness (QED) is 0.664. The highest BCUT2D eigenvalue weighted by Gasteiger charge is 2.08. The largest absolute Gasteiger partial charge is 0.346 e. The molecule has 3 aromatic rings. The Morgan fingerprint density at radius 1 is 1.08 bits per heavy atom. The number of rotatable bonds is 6. The Morgan fingerprint density at radius 3 is 2.64 bits per heavy atom. The maximum absolute atomic E-state index is 11.5. The minimum atomic E-state index is 0.0171. The number of aromatic nitrogens is 3. The van der Waals surface area contributed by atoms with E-state index in [0.29, 0.717) is 17.3 Å². The number of anilines is 3. The third-order valence-corrected chi connectivity index (χ3v) is 3.75. The first-order chi connectivity index (χ1) is 12.1. The summed E-state index contributed by atoms with van der Waals surface area (Å²) >= 11 is 0. The fourth-order valence-corrected chi connectivity index (χ4v) is 2.41. The van der Waals surface area contributed by atoms with Crippen LogP contribution in [0.1, 0.15) is 35.8 Å². The molecule has 0 radical (unpaired) electrons. The van der Waals surface area contributed by atoms with Gasteiger partial charge in [0.2, 0.25) is 5.95 Å². The van der Waals surface area contributed by atoms with E-state index in [1.54, 1.807) is 25.3 Å². The Kier molecular flexibility index (Phi) is 4.99. The molecule has 1 atom stereocenters. The smallest absolute Gasteiger partial charge is 0.245 e. The second-order valence-electron chi connectivity index (χ2n) is 5.70. The van der Waals surface area contributed by atoms with E-state index in [2.05, 4.69) is 25.8 Å². The van der Waals surface area contributed by atoms with Crippen LogP contribution in [0.5, 0.6) is 0 Å². The molecule has 0 saturated carbocycles. The van der Waals surface area contributed by atoms with E-state index >= 15 is 0 Å². The number of hydrogen-bond donors (Lipinski definition) is 2. The van der Waals surface area contributed by atoms with Crippen LogP contribution in [0.2, 0.25) is 0 Å². The van der Waals surface area contributed by atoms with Crippen molar-refractivity contribution in [1.29, 1.82) is 0 Å². The molecule has 126 valence electrons. The fourth-order valence-electron chi connectivity index (χ4n) is 2.41. The average molecular weight is 333 g/mol. The number of carbonyl (C=O) groups is 1. The molecule has 0 aliphatic carbocycles. The van der Waals surface area contributed by atoms with Gasteiger partial charge in [-0.1, -0.05) is 42.5 Å². The molecule has 0 aliphatic rings. The summed E-state index contributed by atoms with van der Waals surface area (Å²) < 4.78 is 0. The second-order valence-corrected chi connectivity index (χ2v) is 5.70. The van der Waals surface area contributed by atoms with Gasteiger partial charge < -0.3 is 10.6 Å². The Bertz CT molecular complexity index is 866. The van der Waals surface area contributed by atoms with Gasteiger partial charge in [-0.2, -0.15) is 10.1 Å². The second kappa shape index (κ2) is 7.53. The number of Topliss-reactive ketones (excluding diaryl/α,β-unsaturated/α-hetero) is 1. The van der Waals surface area contributed by atoms with E-state index in [1.807, 2.05) is 49.4 Å². The summed E-state index contributed by atoms with van der Waals surface area (Å²) in [5.41, 5.74) is 2.55. The first-order valence-corrected chi connectivity index (χ1v) is 8.01. The van der Waals surface area contributed by atoms with Crippen molar-refractivity contribution in [1.82, 2.24) is 15.2 Å². The lowest BCUT2D eigenvalue weighted by Gasteiger charge is -2.14. The molecule has 0 fully saturated rings. The van der Waals surface area contributed by atoms with E-state index in [4.69, 9.17) is 0 Å². The van der Waals surface area contributed by atoms with Gasteiger partial charge in [-0.05, 0) is 31.5 Å². The third-order valence-electron chi connectivity index (χ3n) is 3.75. The highest BCUT2D eigenvalue weighted by Crippen LogP contribution is 2.19. The Labute approximate surface area is 146 Å². The van der Waals surface area contributed by atoms with Gasteiger partial charge >= 0.3 is 0 Å². The standard InChI is InChI=1S/C19H19N5O/c1-13(15-7-4-3-5-8-15)21-19-23-18(12-20-24-19)22-17-10-6-9-16(11-17)14(2)25/h3-13H,1-2H3,(H2,21,22,23,24). The molecule has 0 saturated heterocycles. The van der Waals surface area contributed by atoms with Crippen molar-refractivity contribution in [3.63, 3.8) is 0 Å². The molecule has 2 N–H and O–H groups in total. The lowest BCUT2D eigenvalue weighted by Crippen LogP contribution is -2.10. The van der Waals surface area contributed by atoms with Crippen LogP contribution >= 0.6 is 0 Å². The van der Waals surface area contributed by atoms with Gasteiger partial charge in [0.25, 0.3) is 0 Å². The van der Waals surface area contributed by atoms with Crippen molar-refractivity contribution >= 4 is 23.2 Å². The van der Waals surface area contributed by atoms with Gasteiger partial charge in [0.05, 0.1) is 12.2 Å². The van der Waals surface area contributed by atoms with E-state index in [0.717, 1.165) is 11.3 Å². The summed E-state index contributed by atoms with van der Waals surface area (Å²) in [6, 6.07) is 17.4. The zero-order valence-electron chi connectivity index (χ0n) is 14.1. The Morgan fingerprint density at radius 2 is 1.88 bits per heavy atom. The van der Waals surface area contributed by atoms with Crippen LogP contribution in [0.3, 0.4) is 0 Å². The van der Waals surface area contributed by atoms with E-state index in [1.165, 1.54) is 0 Å². The van der Waals surface area contributed by atoms with Crippen molar-refractivity contribution in [3.05, 3.63) is 71.9 Å².